The second-order valence-electron chi connectivity index (χ2n) is 3.54. The minimum Gasteiger partial charge on any atom is -0.306 e. The van der Waals surface area contributed by atoms with Crippen molar-refractivity contribution in [2.75, 3.05) is 10.6 Å². The number of hydrogen-bond acceptors (Lipinski definition) is 3. The van der Waals surface area contributed by atoms with Gasteiger partial charge in [-0.1, -0.05) is 0 Å². The van der Waals surface area contributed by atoms with E-state index in [-0.39, 0.29) is 6.03 Å². The summed E-state index contributed by atoms with van der Waals surface area (Å²) in [4.78, 5) is 19.5. The number of pyridine rings is 2. The number of anilines is 2. The lowest BCUT2D eigenvalue weighted by Crippen LogP contribution is -2.20. The molecule has 86 valence electrons. The SMILES string of the molecule is Cc1ccnc(NC(=O)Nc2cccnc2)c1. The fraction of sp³-hybridized carbons (Fsp3) is 0.0833. The van der Waals surface area contributed by atoms with Crippen LogP contribution in [0.15, 0.2) is 42.9 Å². The highest BCUT2D eigenvalue weighted by Crippen LogP contribution is 2.07. The molecule has 5 heteroatoms. The number of aryl methyl sites for hydroxylation is 1. The van der Waals surface area contributed by atoms with Crippen molar-refractivity contribution in [3.63, 3.8) is 0 Å². The molecule has 0 saturated heterocycles. The highest BCUT2D eigenvalue weighted by Gasteiger charge is 2.02. The molecule has 0 bridgehead atoms. The van der Waals surface area contributed by atoms with E-state index < -0.39 is 0 Å². The average molecular weight is 228 g/mol. The van der Waals surface area contributed by atoms with Gasteiger partial charge in [0.1, 0.15) is 5.82 Å². The van der Waals surface area contributed by atoms with Crippen LogP contribution >= 0.6 is 0 Å². The highest BCUT2D eigenvalue weighted by molar-refractivity contribution is 5.98. The molecule has 17 heavy (non-hydrogen) atoms. The lowest BCUT2D eigenvalue weighted by Gasteiger charge is -2.06. The number of hydrogen-bond donors (Lipinski definition) is 2. The van der Waals surface area contributed by atoms with Gasteiger partial charge in [-0.05, 0) is 36.8 Å². The van der Waals surface area contributed by atoms with Gasteiger partial charge >= 0.3 is 6.03 Å². The molecular weight excluding hydrogens is 216 g/mol. The summed E-state index contributed by atoms with van der Waals surface area (Å²) in [6.07, 6.45) is 4.86. The van der Waals surface area contributed by atoms with E-state index in [0.717, 1.165) is 5.56 Å². The van der Waals surface area contributed by atoms with Gasteiger partial charge in [-0.2, -0.15) is 0 Å². The van der Waals surface area contributed by atoms with Gasteiger partial charge < -0.3 is 5.32 Å². The Hall–Kier alpha value is -2.43. The third-order valence-corrected chi connectivity index (χ3v) is 2.08. The molecule has 2 aromatic rings. The molecule has 2 heterocycles. The molecule has 0 unspecified atom stereocenters. The normalized spacial score (nSPS) is 9.71. The van der Waals surface area contributed by atoms with E-state index in [0.29, 0.717) is 11.5 Å². The number of urea groups is 1. The van der Waals surface area contributed by atoms with E-state index in [1.54, 1.807) is 36.8 Å². The largest absolute Gasteiger partial charge is 0.324 e. The third-order valence-electron chi connectivity index (χ3n) is 2.08. The lowest BCUT2D eigenvalue weighted by atomic mass is 10.3. The molecule has 0 aliphatic rings. The van der Waals surface area contributed by atoms with Crippen molar-refractivity contribution in [1.29, 1.82) is 0 Å². The van der Waals surface area contributed by atoms with Gasteiger partial charge in [0.15, 0.2) is 0 Å². The maximum Gasteiger partial charge on any atom is 0.324 e. The smallest absolute Gasteiger partial charge is 0.306 e. The Balaban J connectivity index is 1.98. The standard InChI is InChI=1S/C12H12N4O/c1-9-4-6-14-11(7-9)16-12(17)15-10-3-2-5-13-8-10/h2-8H,1H3,(H2,14,15,16,17). The zero-order valence-electron chi connectivity index (χ0n) is 9.34. The summed E-state index contributed by atoms with van der Waals surface area (Å²) in [6.45, 7) is 1.94. The molecule has 0 aliphatic carbocycles. The minimum absolute atomic E-state index is 0.337. The van der Waals surface area contributed by atoms with Gasteiger partial charge in [0.2, 0.25) is 0 Å². The van der Waals surface area contributed by atoms with E-state index in [9.17, 15) is 4.79 Å². The first-order valence-corrected chi connectivity index (χ1v) is 5.15. The van der Waals surface area contributed by atoms with Crippen LogP contribution < -0.4 is 10.6 Å². The zero-order valence-corrected chi connectivity index (χ0v) is 9.34. The number of amides is 2. The number of nitrogens with one attached hydrogen (secondary N) is 2. The molecule has 5 nitrogen and oxygen atoms in total. The summed E-state index contributed by atoms with van der Waals surface area (Å²) in [5.74, 6) is 0.520. The highest BCUT2D eigenvalue weighted by atomic mass is 16.2. The number of nitrogens with zero attached hydrogens (tertiary/aromatic N) is 2. The molecule has 2 N–H and O–H groups in total. The van der Waals surface area contributed by atoms with Gasteiger partial charge in [-0.3, -0.25) is 10.3 Å². The van der Waals surface area contributed by atoms with E-state index in [1.165, 1.54) is 0 Å². The maximum atomic E-state index is 11.6. The fourth-order valence-corrected chi connectivity index (χ4v) is 1.32. The molecule has 0 atom stereocenters. The Morgan fingerprint density at radius 2 is 2.12 bits per heavy atom. The molecule has 0 radical (unpaired) electrons. The van der Waals surface area contributed by atoms with Crippen LogP contribution in [0.5, 0.6) is 0 Å². The predicted molar refractivity (Wildman–Crippen MR) is 65.9 cm³/mol. The van der Waals surface area contributed by atoms with Crippen LogP contribution in [0.4, 0.5) is 16.3 Å². The van der Waals surface area contributed by atoms with Gasteiger partial charge in [0.25, 0.3) is 0 Å². The van der Waals surface area contributed by atoms with Crippen molar-refractivity contribution in [2.24, 2.45) is 0 Å². The lowest BCUT2D eigenvalue weighted by molar-refractivity contribution is 0.262. The molecule has 0 saturated carbocycles. The molecule has 0 spiro atoms. The monoisotopic (exact) mass is 228 g/mol. The van der Waals surface area contributed by atoms with Crippen LogP contribution in [0, 0.1) is 6.92 Å². The molecule has 0 fully saturated rings. The van der Waals surface area contributed by atoms with E-state index in [2.05, 4.69) is 20.6 Å². The Bertz CT molecular complexity index is 513. The zero-order chi connectivity index (χ0) is 12.1. The third kappa shape index (κ3) is 3.27. The van der Waals surface area contributed by atoms with Gasteiger partial charge in [0.05, 0.1) is 11.9 Å². The first kappa shape index (κ1) is 11.1. The number of carbonyl (C=O) groups is 1. The van der Waals surface area contributed by atoms with Crippen molar-refractivity contribution in [1.82, 2.24) is 9.97 Å². The van der Waals surface area contributed by atoms with Gasteiger partial charge in [-0.15, -0.1) is 0 Å². The van der Waals surface area contributed by atoms with Crippen LogP contribution in [0.3, 0.4) is 0 Å². The molecule has 0 aliphatic heterocycles. The summed E-state index contributed by atoms with van der Waals surface area (Å²) in [7, 11) is 0. The van der Waals surface area contributed by atoms with Crippen molar-refractivity contribution in [3.05, 3.63) is 48.4 Å². The van der Waals surface area contributed by atoms with Crippen LogP contribution in [0.1, 0.15) is 5.56 Å². The quantitative estimate of drug-likeness (QED) is 0.829. The van der Waals surface area contributed by atoms with Crippen LogP contribution in [0.2, 0.25) is 0 Å². The first-order chi connectivity index (χ1) is 8.24. The summed E-state index contributed by atoms with van der Waals surface area (Å²) in [6, 6.07) is 6.83. The molecule has 2 rings (SSSR count). The summed E-state index contributed by atoms with van der Waals surface area (Å²) >= 11 is 0. The molecule has 2 amide bonds. The predicted octanol–water partition coefficient (Wildman–Crippen LogP) is 2.43. The Morgan fingerprint density at radius 3 is 2.82 bits per heavy atom. The topological polar surface area (TPSA) is 66.9 Å². The van der Waals surface area contributed by atoms with Crippen molar-refractivity contribution < 1.29 is 4.79 Å². The number of carbonyl (C=O) groups excluding carboxylic acids is 1. The Labute approximate surface area is 98.9 Å². The second kappa shape index (κ2) is 5.07. The van der Waals surface area contributed by atoms with Gasteiger partial charge in [-0.25, -0.2) is 9.78 Å². The molecule has 0 aromatic carbocycles. The van der Waals surface area contributed by atoms with Crippen molar-refractivity contribution >= 4 is 17.5 Å². The first-order valence-electron chi connectivity index (χ1n) is 5.15. The summed E-state index contributed by atoms with van der Waals surface area (Å²) in [5, 5.41) is 5.30. The average Bonchev–Trinajstić information content (AvgIpc) is 2.30. The van der Waals surface area contributed by atoms with E-state index >= 15 is 0 Å². The summed E-state index contributed by atoms with van der Waals surface area (Å²) in [5.41, 5.74) is 1.68. The van der Waals surface area contributed by atoms with Crippen LogP contribution in [-0.4, -0.2) is 16.0 Å². The van der Waals surface area contributed by atoms with Crippen LogP contribution in [0.25, 0.3) is 0 Å². The Morgan fingerprint density at radius 1 is 1.24 bits per heavy atom. The number of aromatic nitrogens is 2. The van der Waals surface area contributed by atoms with Crippen molar-refractivity contribution in [3.8, 4) is 0 Å². The maximum absolute atomic E-state index is 11.6. The number of rotatable bonds is 2. The Kier molecular flexibility index (Phi) is 3.30. The van der Waals surface area contributed by atoms with Crippen LogP contribution in [-0.2, 0) is 0 Å². The minimum atomic E-state index is -0.337. The second-order valence-corrected chi connectivity index (χ2v) is 3.54. The van der Waals surface area contributed by atoms with E-state index in [4.69, 9.17) is 0 Å². The van der Waals surface area contributed by atoms with Crippen molar-refractivity contribution in [2.45, 2.75) is 6.92 Å². The molecular formula is C12H12N4O. The molecule has 2 aromatic heterocycles. The summed E-state index contributed by atoms with van der Waals surface area (Å²) < 4.78 is 0. The van der Waals surface area contributed by atoms with E-state index in [1.807, 2.05) is 13.0 Å². The fourth-order valence-electron chi connectivity index (χ4n) is 1.32. The van der Waals surface area contributed by atoms with Gasteiger partial charge in [0, 0.05) is 12.4 Å².